The van der Waals surface area contributed by atoms with E-state index < -0.39 is 6.04 Å². The number of hydrogen-bond acceptors (Lipinski definition) is 5. The lowest BCUT2D eigenvalue weighted by molar-refractivity contribution is 0.370. The van der Waals surface area contributed by atoms with Gasteiger partial charge in [0.05, 0.1) is 6.20 Å². The van der Waals surface area contributed by atoms with E-state index in [1.165, 1.54) is 0 Å². The summed E-state index contributed by atoms with van der Waals surface area (Å²) in [4.78, 5) is 8.36. The Hall–Kier alpha value is -1.40. The van der Waals surface area contributed by atoms with Gasteiger partial charge in [-0.05, 0) is 6.42 Å². The van der Waals surface area contributed by atoms with Crippen molar-refractivity contribution in [3.63, 3.8) is 0 Å². The average Bonchev–Trinajstić information content (AvgIpc) is 2.88. The molecule has 0 bridgehead atoms. The fourth-order valence-electron chi connectivity index (χ4n) is 1.52. The van der Waals surface area contributed by atoms with E-state index in [-0.39, 0.29) is 0 Å². The van der Waals surface area contributed by atoms with Gasteiger partial charge in [-0.25, -0.2) is 4.98 Å². The van der Waals surface area contributed by atoms with Crippen molar-refractivity contribution in [2.75, 3.05) is 0 Å². The van der Waals surface area contributed by atoms with Gasteiger partial charge in [-0.1, -0.05) is 23.7 Å². The van der Waals surface area contributed by atoms with Crippen LogP contribution in [0.1, 0.15) is 36.9 Å². The zero-order valence-corrected chi connectivity index (χ0v) is 10.5. The molecule has 0 aliphatic heterocycles. The zero-order chi connectivity index (χ0) is 12.4. The summed E-state index contributed by atoms with van der Waals surface area (Å²) in [5.41, 5.74) is 6.01. The van der Waals surface area contributed by atoms with Gasteiger partial charge in [0.1, 0.15) is 17.0 Å². The Morgan fingerprint density at radius 2 is 2.35 bits per heavy atom. The first-order chi connectivity index (χ1) is 8.13. The topological polar surface area (TPSA) is 82.8 Å². The standard InChI is InChI=1S/C10H14ClN5O/c1-3-4-7-14-9(15-17-7)8(12)10-13-5-6(11)16(10)2/h5,8H,3-4,12H2,1-2H3. The molecular weight excluding hydrogens is 242 g/mol. The van der Waals surface area contributed by atoms with E-state index in [4.69, 9.17) is 21.9 Å². The van der Waals surface area contributed by atoms with Gasteiger partial charge < -0.3 is 14.8 Å². The predicted octanol–water partition coefficient (Wildman–Crippen LogP) is 1.46. The van der Waals surface area contributed by atoms with Crippen LogP contribution in [-0.4, -0.2) is 19.7 Å². The Kier molecular flexibility index (Phi) is 3.44. The van der Waals surface area contributed by atoms with Gasteiger partial charge in [0.2, 0.25) is 5.89 Å². The van der Waals surface area contributed by atoms with Gasteiger partial charge in [0.15, 0.2) is 5.82 Å². The second-order valence-electron chi connectivity index (χ2n) is 3.77. The minimum absolute atomic E-state index is 0.429. The maximum Gasteiger partial charge on any atom is 0.226 e. The molecule has 2 aromatic heterocycles. The molecule has 0 amide bonds. The normalized spacial score (nSPS) is 12.9. The van der Waals surface area contributed by atoms with Crippen molar-refractivity contribution in [1.29, 1.82) is 0 Å². The minimum atomic E-state index is -0.526. The first-order valence-corrected chi connectivity index (χ1v) is 5.76. The Morgan fingerprint density at radius 1 is 1.59 bits per heavy atom. The van der Waals surface area contributed by atoms with Crippen LogP contribution in [0.3, 0.4) is 0 Å². The highest BCUT2D eigenvalue weighted by atomic mass is 35.5. The molecular formula is C10H14ClN5O. The van der Waals surface area contributed by atoms with Crippen LogP contribution >= 0.6 is 11.6 Å². The van der Waals surface area contributed by atoms with E-state index in [2.05, 4.69) is 15.1 Å². The van der Waals surface area contributed by atoms with Crippen LogP contribution in [0.2, 0.25) is 5.15 Å². The molecule has 0 aromatic carbocycles. The third kappa shape index (κ3) is 2.32. The molecule has 0 aliphatic rings. The molecule has 0 aliphatic carbocycles. The van der Waals surface area contributed by atoms with Crippen LogP contribution in [0.4, 0.5) is 0 Å². The van der Waals surface area contributed by atoms with Crippen molar-refractivity contribution < 1.29 is 4.52 Å². The molecule has 17 heavy (non-hydrogen) atoms. The van der Waals surface area contributed by atoms with E-state index in [0.717, 1.165) is 12.8 Å². The van der Waals surface area contributed by atoms with E-state index in [0.29, 0.717) is 22.7 Å². The number of aromatic nitrogens is 4. The summed E-state index contributed by atoms with van der Waals surface area (Å²) in [5, 5.41) is 4.37. The van der Waals surface area contributed by atoms with Crippen molar-refractivity contribution in [3.05, 3.63) is 28.9 Å². The lowest BCUT2D eigenvalue weighted by Crippen LogP contribution is -2.18. The molecule has 0 saturated heterocycles. The average molecular weight is 256 g/mol. The summed E-state index contributed by atoms with van der Waals surface area (Å²) in [7, 11) is 1.79. The molecule has 0 spiro atoms. The summed E-state index contributed by atoms with van der Waals surface area (Å²) in [6.07, 6.45) is 3.25. The monoisotopic (exact) mass is 255 g/mol. The number of nitrogens with zero attached hydrogens (tertiary/aromatic N) is 4. The number of aryl methyl sites for hydroxylation is 1. The zero-order valence-electron chi connectivity index (χ0n) is 9.72. The largest absolute Gasteiger partial charge is 0.339 e. The van der Waals surface area contributed by atoms with E-state index >= 15 is 0 Å². The number of hydrogen-bond donors (Lipinski definition) is 1. The van der Waals surface area contributed by atoms with Crippen molar-refractivity contribution in [2.45, 2.75) is 25.8 Å². The van der Waals surface area contributed by atoms with Gasteiger partial charge in [0.25, 0.3) is 0 Å². The maximum absolute atomic E-state index is 6.01. The smallest absolute Gasteiger partial charge is 0.226 e. The molecule has 0 fully saturated rings. The Balaban J connectivity index is 2.24. The van der Waals surface area contributed by atoms with E-state index in [9.17, 15) is 0 Å². The highest BCUT2D eigenvalue weighted by Crippen LogP contribution is 2.19. The van der Waals surface area contributed by atoms with E-state index in [1.54, 1.807) is 17.8 Å². The molecule has 92 valence electrons. The summed E-state index contributed by atoms with van der Waals surface area (Å²) in [6.45, 7) is 2.04. The summed E-state index contributed by atoms with van der Waals surface area (Å²) in [5.74, 6) is 1.64. The van der Waals surface area contributed by atoms with Crippen LogP contribution in [0, 0.1) is 0 Å². The third-order valence-corrected chi connectivity index (χ3v) is 2.82. The SMILES string of the molecule is CCCc1nc(C(N)c2ncc(Cl)n2C)no1. The molecule has 2 aromatic rings. The molecule has 2 rings (SSSR count). The number of imidazole rings is 1. The summed E-state index contributed by atoms with van der Waals surface area (Å²) >= 11 is 5.90. The summed E-state index contributed by atoms with van der Waals surface area (Å²) < 4.78 is 6.78. The molecule has 1 unspecified atom stereocenters. The Bertz CT molecular complexity index is 507. The first-order valence-electron chi connectivity index (χ1n) is 5.38. The van der Waals surface area contributed by atoms with Crippen molar-refractivity contribution in [3.8, 4) is 0 Å². The van der Waals surface area contributed by atoms with Crippen molar-refractivity contribution >= 4 is 11.6 Å². The van der Waals surface area contributed by atoms with Crippen molar-refractivity contribution in [2.24, 2.45) is 12.8 Å². The van der Waals surface area contributed by atoms with Crippen LogP contribution in [0.25, 0.3) is 0 Å². The fraction of sp³-hybridized carbons (Fsp3) is 0.500. The molecule has 6 nitrogen and oxygen atoms in total. The van der Waals surface area contributed by atoms with Crippen LogP contribution in [0.5, 0.6) is 0 Å². The first kappa shape index (κ1) is 12.1. The van der Waals surface area contributed by atoms with E-state index in [1.807, 2.05) is 6.92 Å². The Morgan fingerprint density at radius 3 is 2.94 bits per heavy atom. The predicted molar refractivity (Wildman–Crippen MR) is 62.5 cm³/mol. The minimum Gasteiger partial charge on any atom is -0.339 e. The quantitative estimate of drug-likeness (QED) is 0.894. The third-order valence-electron chi connectivity index (χ3n) is 2.47. The lowest BCUT2D eigenvalue weighted by atomic mass is 10.3. The van der Waals surface area contributed by atoms with Crippen molar-refractivity contribution in [1.82, 2.24) is 19.7 Å². The number of halogens is 1. The molecule has 2 N–H and O–H groups in total. The molecule has 0 radical (unpaired) electrons. The van der Waals surface area contributed by atoms with Gasteiger partial charge in [-0.2, -0.15) is 4.98 Å². The molecule has 1 atom stereocenters. The number of rotatable bonds is 4. The maximum atomic E-state index is 6.01. The molecule has 2 heterocycles. The second-order valence-corrected chi connectivity index (χ2v) is 4.16. The summed E-state index contributed by atoms with van der Waals surface area (Å²) in [6, 6.07) is -0.526. The lowest BCUT2D eigenvalue weighted by Gasteiger charge is -2.06. The van der Waals surface area contributed by atoms with Crippen LogP contribution in [-0.2, 0) is 13.5 Å². The molecule has 0 saturated carbocycles. The highest BCUT2D eigenvalue weighted by molar-refractivity contribution is 6.29. The number of nitrogens with two attached hydrogens (primary N) is 1. The fourth-order valence-corrected chi connectivity index (χ4v) is 1.65. The van der Waals surface area contributed by atoms with Crippen LogP contribution in [0.15, 0.2) is 10.7 Å². The van der Waals surface area contributed by atoms with Gasteiger partial charge in [-0.3, -0.25) is 0 Å². The second kappa shape index (κ2) is 4.85. The Labute approximate surface area is 104 Å². The highest BCUT2D eigenvalue weighted by Gasteiger charge is 2.20. The van der Waals surface area contributed by atoms with Gasteiger partial charge in [-0.15, -0.1) is 0 Å². The van der Waals surface area contributed by atoms with Crippen LogP contribution < -0.4 is 5.73 Å². The van der Waals surface area contributed by atoms with Gasteiger partial charge >= 0.3 is 0 Å². The van der Waals surface area contributed by atoms with Gasteiger partial charge in [0, 0.05) is 13.5 Å². The molecule has 7 heteroatoms.